The van der Waals surface area contributed by atoms with E-state index >= 15 is 0 Å². The van der Waals surface area contributed by atoms with Gasteiger partial charge >= 0.3 is 0 Å². The van der Waals surface area contributed by atoms with Crippen molar-refractivity contribution in [2.45, 2.75) is 18.7 Å². The van der Waals surface area contributed by atoms with Crippen molar-refractivity contribution in [3.63, 3.8) is 0 Å². The number of benzene rings is 3. The van der Waals surface area contributed by atoms with Gasteiger partial charge < -0.3 is 5.32 Å². The highest BCUT2D eigenvalue weighted by atomic mass is 32.2. The summed E-state index contributed by atoms with van der Waals surface area (Å²) in [6, 6.07) is 18.3. The van der Waals surface area contributed by atoms with Crippen LogP contribution in [-0.2, 0) is 19.3 Å². The fraction of sp³-hybridized carbons (Fsp3) is 0.192. The molecule has 0 saturated carbocycles. The molecule has 1 fully saturated rings. The summed E-state index contributed by atoms with van der Waals surface area (Å²) in [5, 5.41) is 2.86. The van der Waals surface area contributed by atoms with Crippen LogP contribution in [0.1, 0.15) is 16.7 Å². The van der Waals surface area contributed by atoms with Gasteiger partial charge in [-0.2, -0.15) is 0 Å². The second-order valence-corrected chi connectivity index (χ2v) is 9.56. The summed E-state index contributed by atoms with van der Waals surface area (Å²) in [5.41, 5.74) is 4.47. The Morgan fingerprint density at radius 3 is 2.50 bits per heavy atom. The average molecular weight is 476 g/mol. The topological polar surface area (TPSA) is 69.7 Å². The van der Waals surface area contributed by atoms with Gasteiger partial charge in [0, 0.05) is 16.9 Å². The molecule has 6 nitrogen and oxygen atoms in total. The molecule has 0 bridgehead atoms. The zero-order chi connectivity index (χ0) is 24.0. The Bertz CT molecular complexity index is 1330. The number of hydrogen-bond acceptors (Lipinski definition) is 4. The van der Waals surface area contributed by atoms with E-state index in [9.17, 15) is 18.8 Å². The third-order valence-corrected chi connectivity index (χ3v) is 7.63. The molecule has 1 atom stereocenters. The Morgan fingerprint density at radius 1 is 1.03 bits per heavy atom. The largest absolute Gasteiger partial charge is 0.325 e. The number of nitrogens with zero attached hydrogens (tertiary/aromatic N) is 2. The normalized spacial score (nSPS) is 19.1. The number of carbonyl (C=O) groups is 3. The number of para-hydroxylation sites is 1. The quantitative estimate of drug-likeness (QED) is 0.609. The number of anilines is 3. The van der Waals surface area contributed by atoms with Crippen LogP contribution in [-0.4, -0.2) is 30.0 Å². The highest BCUT2D eigenvalue weighted by molar-refractivity contribution is 8.02. The molecule has 1 spiro atoms. The van der Waals surface area contributed by atoms with Crippen LogP contribution in [0.2, 0.25) is 0 Å². The number of hydrogen-bond donors (Lipinski definition) is 1. The van der Waals surface area contributed by atoms with Crippen LogP contribution in [0.4, 0.5) is 21.5 Å². The molecule has 1 N–H and O–H groups in total. The molecule has 8 heteroatoms. The van der Waals surface area contributed by atoms with E-state index in [1.807, 2.05) is 32.0 Å². The van der Waals surface area contributed by atoms with Gasteiger partial charge in [0.25, 0.3) is 5.91 Å². The van der Waals surface area contributed by atoms with E-state index in [2.05, 4.69) is 5.32 Å². The third kappa shape index (κ3) is 3.45. The fourth-order valence-electron chi connectivity index (χ4n) is 4.47. The molecule has 0 unspecified atom stereocenters. The predicted molar refractivity (Wildman–Crippen MR) is 131 cm³/mol. The average Bonchev–Trinajstić information content (AvgIpc) is 3.28. The van der Waals surface area contributed by atoms with Crippen LogP contribution < -0.4 is 15.1 Å². The molecule has 3 amide bonds. The zero-order valence-corrected chi connectivity index (χ0v) is 19.5. The highest BCUT2D eigenvalue weighted by Gasteiger charge is 2.61. The number of fused-ring (bicyclic) bond motifs is 2. The predicted octanol–water partition coefficient (Wildman–Crippen LogP) is 4.36. The van der Waals surface area contributed by atoms with Gasteiger partial charge in [-0.3, -0.25) is 24.2 Å². The van der Waals surface area contributed by atoms with E-state index in [0.717, 1.165) is 11.1 Å². The summed E-state index contributed by atoms with van der Waals surface area (Å²) >= 11 is 1.22. The SMILES string of the molecule is Cc1ccc(NC(=O)CN2C(=O)[C@]3(SCC(=O)N3c3ccc(F)cc3)c3ccccc32)cc1C. The highest BCUT2D eigenvalue weighted by Crippen LogP contribution is 2.55. The van der Waals surface area contributed by atoms with Gasteiger partial charge in [-0.25, -0.2) is 4.39 Å². The zero-order valence-electron chi connectivity index (χ0n) is 18.7. The lowest BCUT2D eigenvalue weighted by Gasteiger charge is -2.33. The van der Waals surface area contributed by atoms with E-state index in [-0.39, 0.29) is 30.0 Å². The molecule has 172 valence electrons. The third-order valence-electron chi connectivity index (χ3n) is 6.24. The van der Waals surface area contributed by atoms with Crippen LogP contribution >= 0.6 is 11.8 Å². The minimum atomic E-state index is -1.34. The molecule has 2 heterocycles. The Labute approximate surface area is 200 Å². The summed E-state index contributed by atoms with van der Waals surface area (Å²) in [4.78, 5) is 41.3. The van der Waals surface area contributed by atoms with Crippen molar-refractivity contribution >= 4 is 46.5 Å². The minimum Gasteiger partial charge on any atom is -0.325 e. The Hall–Kier alpha value is -3.65. The maximum absolute atomic E-state index is 13.9. The first-order valence-electron chi connectivity index (χ1n) is 10.8. The number of thioether (sulfide) groups is 1. The molecule has 3 aromatic rings. The van der Waals surface area contributed by atoms with Crippen LogP contribution in [0.25, 0.3) is 0 Å². The molecule has 2 aliphatic rings. The van der Waals surface area contributed by atoms with Gasteiger partial charge in [0.05, 0.1) is 11.4 Å². The van der Waals surface area contributed by atoms with Crippen LogP contribution in [0.5, 0.6) is 0 Å². The maximum atomic E-state index is 13.9. The Morgan fingerprint density at radius 2 is 1.76 bits per heavy atom. The van der Waals surface area contributed by atoms with Gasteiger partial charge in [0.1, 0.15) is 12.4 Å². The number of amides is 3. The summed E-state index contributed by atoms with van der Waals surface area (Å²) in [5.74, 6) is -1.29. The summed E-state index contributed by atoms with van der Waals surface area (Å²) < 4.78 is 13.6. The van der Waals surface area contributed by atoms with Crippen LogP contribution in [0, 0.1) is 19.7 Å². The molecule has 3 aromatic carbocycles. The van der Waals surface area contributed by atoms with Crippen molar-refractivity contribution in [2.24, 2.45) is 0 Å². The minimum absolute atomic E-state index is 0.0974. The van der Waals surface area contributed by atoms with Gasteiger partial charge in [0.2, 0.25) is 16.7 Å². The number of carbonyl (C=O) groups excluding carboxylic acids is 3. The standard InChI is InChI=1S/C26H22FN3O3S/c1-16-7-10-19(13-17(16)2)28-23(31)14-29-22-6-4-3-5-21(22)26(25(29)33)30(24(32)15-34-26)20-11-8-18(27)9-12-20/h3-13H,14-15H2,1-2H3,(H,28,31)/t26-/m1/s1. The summed E-state index contributed by atoms with van der Waals surface area (Å²) in [6.07, 6.45) is 0. The van der Waals surface area contributed by atoms with E-state index in [1.165, 1.54) is 45.8 Å². The first-order valence-corrected chi connectivity index (χ1v) is 11.8. The first kappa shape index (κ1) is 22.2. The molecule has 0 aromatic heterocycles. The van der Waals surface area contributed by atoms with Crippen molar-refractivity contribution in [1.82, 2.24) is 0 Å². The smallest absolute Gasteiger partial charge is 0.269 e. The summed E-state index contributed by atoms with van der Waals surface area (Å²) in [7, 11) is 0. The Balaban J connectivity index is 1.50. The van der Waals surface area contributed by atoms with Crippen molar-refractivity contribution in [2.75, 3.05) is 27.4 Å². The van der Waals surface area contributed by atoms with Crippen LogP contribution in [0.3, 0.4) is 0 Å². The first-order chi connectivity index (χ1) is 16.3. The Kier molecular flexibility index (Phi) is 5.40. The molecular formula is C26H22FN3O3S. The van der Waals surface area contributed by atoms with Gasteiger partial charge in [-0.15, -0.1) is 11.8 Å². The molecule has 0 aliphatic carbocycles. The molecule has 34 heavy (non-hydrogen) atoms. The van der Waals surface area contributed by atoms with Gasteiger partial charge in [-0.05, 0) is 67.4 Å². The lowest BCUT2D eigenvalue weighted by atomic mass is 10.0. The van der Waals surface area contributed by atoms with Gasteiger partial charge in [-0.1, -0.05) is 24.3 Å². The summed E-state index contributed by atoms with van der Waals surface area (Å²) in [6.45, 7) is 3.76. The molecule has 1 saturated heterocycles. The fourth-order valence-corrected chi connectivity index (χ4v) is 5.83. The molecule has 0 radical (unpaired) electrons. The van der Waals surface area contributed by atoms with Gasteiger partial charge in [0.15, 0.2) is 0 Å². The lowest BCUT2D eigenvalue weighted by Crippen LogP contribution is -2.50. The lowest BCUT2D eigenvalue weighted by molar-refractivity contribution is -0.124. The molecule has 2 aliphatic heterocycles. The number of aryl methyl sites for hydroxylation is 2. The van der Waals surface area contributed by atoms with E-state index in [4.69, 9.17) is 0 Å². The molecular weight excluding hydrogens is 453 g/mol. The van der Waals surface area contributed by atoms with Crippen molar-refractivity contribution < 1.29 is 18.8 Å². The van der Waals surface area contributed by atoms with Crippen molar-refractivity contribution in [3.8, 4) is 0 Å². The monoisotopic (exact) mass is 475 g/mol. The van der Waals surface area contributed by atoms with Crippen LogP contribution in [0.15, 0.2) is 66.7 Å². The number of nitrogens with one attached hydrogen (secondary N) is 1. The van der Waals surface area contributed by atoms with Crippen molar-refractivity contribution in [1.29, 1.82) is 0 Å². The second kappa shape index (κ2) is 8.29. The second-order valence-electron chi connectivity index (χ2n) is 8.39. The number of halogens is 1. The van der Waals surface area contributed by atoms with Crippen molar-refractivity contribution in [3.05, 3.63) is 89.2 Å². The van der Waals surface area contributed by atoms with E-state index in [1.54, 1.807) is 24.3 Å². The van der Waals surface area contributed by atoms with E-state index in [0.29, 0.717) is 22.6 Å². The van der Waals surface area contributed by atoms with E-state index < -0.39 is 10.7 Å². The number of rotatable bonds is 4. The molecule has 5 rings (SSSR count). The maximum Gasteiger partial charge on any atom is 0.269 e.